The van der Waals surface area contributed by atoms with E-state index >= 15 is 0 Å². The van der Waals surface area contributed by atoms with Gasteiger partial charge in [0, 0.05) is 37.0 Å². The van der Waals surface area contributed by atoms with Crippen LogP contribution in [0.25, 0.3) is 0 Å². The number of benzene rings is 1. The molecule has 2 aromatic rings. The Bertz CT molecular complexity index is 593. The van der Waals surface area contributed by atoms with Crippen LogP contribution in [0.15, 0.2) is 36.7 Å². The lowest BCUT2D eigenvalue weighted by molar-refractivity contribution is 0.0542. The largest absolute Gasteiger partial charge is 0.496 e. The number of ether oxygens (including phenoxy) is 1. The summed E-state index contributed by atoms with van der Waals surface area (Å²) in [6.07, 6.45) is 3.52. The highest BCUT2D eigenvalue weighted by atomic mass is 16.5. The van der Waals surface area contributed by atoms with E-state index in [0.717, 1.165) is 16.9 Å². The maximum absolute atomic E-state index is 10.6. The quantitative estimate of drug-likeness (QED) is 0.854. The molecule has 1 heterocycles. The summed E-state index contributed by atoms with van der Waals surface area (Å²) in [4.78, 5) is 0. The van der Waals surface area contributed by atoms with Gasteiger partial charge in [-0.2, -0.15) is 5.10 Å². The van der Waals surface area contributed by atoms with Crippen LogP contribution in [0.1, 0.15) is 31.0 Å². The van der Waals surface area contributed by atoms with E-state index in [1.54, 1.807) is 24.9 Å². The van der Waals surface area contributed by atoms with Gasteiger partial charge >= 0.3 is 0 Å². The molecule has 2 rings (SSSR count). The molecular weight excluding hydrogens is 266 g/mol. The van der Waals surface area contributed by atoms with Crippen molar-refractivity contribution >= 4 is 0 Å². The predicted octanol–water partition coefficient (Wildman–Crippen LogP) is 1.99. The number of nitrogens with zero attached hydrogens (tertiary/aromatic N) is 2. The third-order valence-electron chi connectivity index (χ3n) is 3.68. The first-order valence-electron chi connectivity index (χ1n) is 7.02. The van der Waals surface area contributed by atoms with E-state index in [1.807, 2.05) is 37.5 Å². The third-order valence-corrected chi connectivity index (χ3v) is 3.68. The predicted molar refractivity (Wildman–Crippen MR) is 82.2 cm³/mol. The van der Waals surface area contributed by atoms with E-state index in [1.165, 1.54) is 0 Å². The number of methoxy groups -OCH3 is 1. The molecule has 2 unspecified atom stereocenters. The normalized spacial score (nSPS) is 15.5. The van der Waals surface area contributed by atoms with Crippen LogP contribution in [0.2, 0.25) is 0 Å². The Morgan fingerprint density at radius 3 is 2.76 bits per heavy atom. The fourth-order valence-corrected chi connectivity index (χ4v) is 2.29. The summed E-state index contributed by atoms with van der Waals surface area (Å²) < 4.78 is 7.06. The van der Waals surface area contributed by atoms with E-state index in [0.29, 0.717) is 6.54 Å². The van der Waals surface area contributed by atoms with Gasteiger partial charge in [-0.05, 0) is 19.9 Å². The minimum atomic E-state index is -0.968. The van der Waals surface area contributed by atoms with Crippen LogP contribution in [0, 0.1) is 0 Å². The van der Waals surface area contributed by atoms with Gasteiger partial charge in [-0.3, -0.25) is 4.68 Å². The maximum atomic E-state index is 10.6. The molecule has 0 aliphatic rings. The van der Waals surface area contributed by atoms with Crippen LogP contribution in [0.3, 0.4) is 0 Å². The molecule has 0 spiro atoms. The summed E-state index contributed by atoms with van der Waals surface area (Å²) in [5.74, 6) is 0.846. The van der Waals surface area contributed by atoms with E-state index in [-0.39, 0.29) is 6.04 Å². The molecule has 0 bridgehead atoms. The van der Waals surface area contributed by atoms with Gasteiger partial charge in [0.05, 0.1) is 13.3 Å². The van der Waals surface area contributed by atoms with Crippen molar-refractivity contribution in [2.45, 2.75) is 25.5 Å². The highest BCUT2D eigenvalue weighted by Gasteiger charge is 2.25. The number of hydrogen-bond donors (Lipinski definition) is 2. The van der Waals surface area contributed by atoms with Gasteiger partial charge in [0.25, 0.3) is 0 Å². The molecule has 2 atom stereocenters. The first kappa shape index (κ1) is 15.5. The van der Waals surface area contributed by atoms with Gasteiger partial charge in [0.15, 0.2) is 0 Å². The molecule has 0 saturated carbocycles. The van der Waals surface area contributed by atoms with Gasteiger partial charge in [0.1, 0.15) is 11.4 Å². The van der Waals surface area contributed by atoms with Gasteiger partial charge in [0.2, 0.25) is 0 Å². The molecule has 0 amide bonds. The number of hydrogen-bond acceptors (Lipinski definition) is 4. The molecule has 0 aliphatic heterocycles. The number of rotatable bonds is 6. The maximum Gasteiger partial charge on any atom is 0.123 e. The van der Waals surface area contributed by atoms with Crippen LogP contribution in [0.5, 0.6) is 5.75 Å². The molecule has 21 heavy (non-hydrogen) atoms. The second-order valence-electron chi connectivity index (χ2n) is 5.52. The van der Waals surface area contributed by atoms with Crippen LogP contribution in [-0.4, -0.2) is 28.5 Å². The highest BCUT2D eigenvalue weighted by molar-refractivity contribution is 5.35. The summed E-state index contributed by atoms with van der Waals surface area (Å²) in [5.41, 5.74) is 0.900. The number of para-hydroxylation sites is 1. The SMILES string of the molecule is COc1ccccc1C(C)NCC(C)(O)c1cnn(C)c1. The second-order valence-corrected chi connectivity index (χ2v) is 5.52. The molecule has 0 saturated heterocycles. The van der Waals surface area contributed by atoms with E-state index in [4.69, 9.17) is 4.74 Å². The van der Waals surface area contributed by atoms with Crippen LogP contribution in [0.4, 0.5) is 0 Å². The van der Waals surface area contributed by atoms with E-state index in [9.17, 15) is 5.11 Å². The lowest BCUT2D eigenvalue weighted by Gasteiger charge is -2.25. The minimum Gasteiger partial charge on any atom is -0.496 e. The number of aliphatic hydroxyl groups is 1. The Balaban J connectivity index is 2.05. The Labute approximate surface area is 125 Å². The average molecular weight is 289 g/mol. The zero-order chi connectivity index (χ0) is 15.5. The second kappa shape index (κ2) is 6.28. The fraction of sp³-hybridized carbons (Fsp3) is 0.438. The van der Waals surface area contributed by atoms with Crippen molar-refractivity contribution in [2.24, 2.45) is 7.05 Å². The van der Waals surface area contributed by atoms with Crippen molar-refractivity contribution in [1.29, 1.82) is 0 Å². The summed E-state index contributed by atoms with van der Waals surface area (Å²) in [6.45, 7) is 4.26. The molecule has 5 heteroatoms. The summed E-state index contributed by atoms with van der Waals surface area (Å²) in [7, 11) is 3.50. The van der Waals surface area contributed by atoms with Crippen molar-refractivity contribution in [3.8, 4) is 5.75 Å². The molecule has 1 aromatic heterocycles. The van der Waals surface area contributed by atoms with Crippen molar-refractivity contribution in [3.63, 3.8) is 0 Å². The van der Waals surface area contributed by atoms with E-state index in [2.05, 4.69) is 17.3 Å². The van der Waals surface area contributed by atoms with Gasteiger partial charge in [-0.25, -0.2) is 0 Å². The topological polar surface area (TPSA) is 59.3 Å². The monoisotopic (exact) mass is 289 g/mol. The average Bonchev–Trinajstić information content (AvgIpc) is 2.92. The Morgan fingerprint density at radius 2 is 2.14 bits per heavy atom. The Hall–Kier alpha value is -1.85. The van der Waals surface area contributed by atoms with Crippen molar-refractivity contribution < 1.29 is 9.84 Å². The van der Waals surface area contributed by atoms with Crippen LogP contribution in [-0.2, 0) is 12.6 Å². The molecule has 0 aliphatic carbocycles. The van der Waals surface area contributed by atoms with Crippen molar-refractivity contribution in [2.75, 3.05) is 13.7 Å². The molecule has 114 valence electrons. The van der Waals surface area contributed by atoms with Gasteiger partial charge in [-0.1, -0.05) is 18.2 Å². The summed E-state index contributed by atoms with van der Waals surface area (Å²) in [5, 5.41) is 18.0. The van der Waals surface area contributed by atoms with Crippen LogP contribution >= 0.6 is 0 Å². The zero-order valence-electron chi connectivity index (χ0n) is 13.0. The molecule has 0 fully saturated rings. The first-order chi connectivity index (χ1) is 9.94. The summed E-state index contributed by atoms with van der Waals surface area (Å²) in [6, 6.07) is 7.96. The molecule has 1 aromatic carbocycles. The number of aryl methyl sites for hydroxylation is 1. The molecular formula is C16H23N3O2. The molecule has 0 radical (unpaired) electrons. The van der Waals surface area contributed by atoms with Crippen LogP contribution < -0.4 is 10.1 Å². The minimum absolute atomic E-state index is 0.0734. The Morgan fingerprint density at radius 1 is 1.43 bits per heavy atom. The molecule has 2 N–H and O–H groups in total. The van der Waals surface area contributed by atoms with Gasteiger partial charge < -0.3 is 15.2 Å². The number of aromatic nitrogens is 2. The standard InChI is InChI=1S/C16H23N3O2/c1-12(14-7-5-6-8-15(14)21-4)17-11-16(2,20)13-9-18-19(3)10-13/h5-10,12,17,20H,11H2,1-4H3. The Kier molecular flexibility index (Phi) is 4.65. The number of nitrogens with one attached hydrogen (secondary N) is 1. The fourth-order valence-electron chi connectivity index (χ4n) is 2.29. The highest BCUT2D eigenvalue weighted by Crippen LogP contribution is 2.26. The summed E-state index contributed by atoms with van der Waals surface area (Å²) >= 11 is 0. The smallest absolute Gasteiger partial charge is 0.123 e. The first-order valence-corrected chi connectivity index (χ1v) is 7.02. The van der Waals surface area contributed by atoms with Gasteiger partial charge in [-0.15, -0.1) is 0 Å². The molecule has 5 nitrogen and oxygen atoms in total. The van der Waals surface area contributed by atoms with Crippen molar-refractivity contribution in [1.82, 2.24) is 15.1 Å². The van der Waals surface area contributed by atoms with Crippen molar-refractivity contribution in [3.05, 3.63) is 47.8 Å². The zero-order valence-corrected chi connectivity index (χ0v) is 13.0. The lowest BCUT2D eigenvalue weighted by Crippen LogP contribution is -2.36. The third kappa shape index (κ3) is 3.62. The van der Waals surface area contributed by atoms with E-state index < -0.39 is 5.60 Å². The lowest BCUT2D eigenvalue weighted by atomic mass is 9.98.